The molecule has 0 spiro atoms. The lowest BCUT2D eigenvalue weighted by Gasteiger charge is -2.12. The summed E-state index contributed by atoms with van der Waals surface area (Å²) in [6.45, 7) is 6.16. The van der Waals surface area contributed by atoms with Crippen molar-refractivity contribution in [2.24, 2.45) is 0 Å². The van der Waals surface area contributed by atoms with Crippen LogP contribution in [0.5, 0.6) is 0 Å². The minimum Gasteiger partial charge on any atom is -0.373 e. The number of rotatable bonds is 3. The molecule has 0 aliphatic carbocycles. The fourth-order valence-corrected chi connectivity index (χ4v) is 1.12. The summed E-state index contributed by atoms with van der Waals surface area (Å²) in [5.74, 6) is 1.77. The van der Waals surface area contributed by atoms with Crippen molar-refractivity contribution in [3.63, 3.8) is 0 Å². The predicted molar refractivity (Wildman–Crippen MR) is 55.1 cm³/mol. The van der Waals surface area contributed by atoms with Crippen LogP contribution in [0.2, 0.25) is 0 Å². The van der Waals surface area contributed by atoms with Gasteiger partial charge < -0.3 is 10.6 Å². The SMILES string of the molecule is CNc1ncnc(NC(C)C)c1C. The van der Waals surface area contributed by atoms with Crippen LogP contribution in [0.4, 0.5) is 11.6 Å². The molecule has 0 bridgehead atoms. The van der Waals surface area contributed by atoms with Crippen LogP contribution in [-0.4, -0.2) is 23.1 Å². The fourth-order valence-electron chi connectivity index (χ4n) is 1.12. The number of hydrogen-bond donors (Lipinski definition) is 2. The molecule has 0 amide bonds. The summed E-state index contributed by atoms with van der Waals surface area (Å²) in [5, 5.41) is 6.27. The molecule has 1 aromatic rings. The summed E-state index contributed by atoms with van der Waals surface area (Å²) >= 11 is 0. The Labute approximate surface area is 78.8 Å². The first-order chi connectivity index (χ1) is 6.15. The highest BCUT2D eigenvalue weighted by molar-refractivity contribution is 5.56. The minimum atomic E-state index is 0.387. The second-order valence-corrected chi connectivity index (χ2v) is 3.24. The second-order valence-electron chi connectivity index (χ2n) is 3.24. The fraction of sp³-hybridized carbons (Fsp3) is 0.556. The molecular weight excluding hydrogens is 164 g/mol. The van der Waals surface area contributed by atoms with Crippen LogP contribution in [0.25, 0.3) is 0 Å². The monoisotopic (exact) mass is 180 g/mol. The first kappa shape index (κ1) is 9.77. The molecule has 13 heavy (non-hydrogen) atoms. The van der Waals surface area contributed by atoms with Gasteiger partial charge in [0.15, 0.2) is 0 Å². The van der Waals surface area contributed by atoms with Gasteiger partial charge in [0.05, 0.1) is 0 Å². The van der Waals surface area contributed by atoms with Gasteiger partial charge in [-0.25, -0.2) is 9.97 Å². The lowest BCUT2D eigenvalue weighted by atomic mass is 10.3. The van der Waals surface area contributed by atoms with Crippen molar-refractivity contribution in [3.8, 4) is 0 Å². The third-order valence-electron chi connectivity index (χ3n) is 1.75. The van der Waals surface area contributed by atoms with Crippen molar-refractivity contribution in [3.05, 3.63) is 11.9 Å². The van der Waals surface area contributed by atoms with Crippen LogP contribution in [0.3, 0.4) is 0 Å². The normalized spacial score (nSPS) is 10.2. The Kier molecular flexibility index (Phi) is 3.06. The molecule has 0 aromatic carbocycles. The maximum atomic E-state index is 4.16. The highest BCUT2D eigenvalue weighted by Crippen LogP contribution is 2.17. The molecule has 0 unspecified atom stereocenters. The lowest BCUT2D eigenvalue weighted by molar-refractivity contribution is 0.882. The molecule has 72 valence electrons. The number of anilines is 2. The predicted octanol–water partition coefficient (Wildman–Crippen LogP) is 1.65. The Morgan fingerprint density at radius 1 is 1.23 bits per heavy atom. The van der Waals surface area contributed by atoms with Crippen LogP contribution in [0, 0.1) is 6.92 Å². The van der Waals surface area contributed by atoms with E-state index in [9.17, 15) is 0 Å². The second kappa shape index (κ2) is 4.07. The van der Waals surface area contributed by atoms with E-state index in [0.717, 1.165) is 17.2 Å². The van der Waals surface area contributed by atoms with E-state index in [1.807, 2.05) is 14.0 Å². The molecular formula is C9H16N4. The van der Waals surface area contributed by atoms with Gasteiger partial charge in [-0.15, -0.1) is 0 Å². The van der Waals surface area contributed by atoms with Gasteiger partial charge in [0.25, 0.3) is 0 Å². The van der Waals surface area contributed by atoms with Crippen LogP contribution < -0.4 is 10.6 Å². The summed E-state index contributed by atoms with van der Waals surface area (Å²) in [6, 6.07) is 0.387. The Bertz CT molecular complexity index is 283. The first-order valence-electron chi connectivity index (χ1n) is 4.41. The van der Waals surface area contributed by atoms with Gasteiger partial charge in [-0.3, -0.25) is 0 Å². The Morgan fingerprint density at radius 3 is 2.38 bits per heavy atom. The molecule has 0 fully saturated rings. The van der Waals surface area contributed by atoms with E-state index in [1.54, 1.807) is 6.33 Å². The molecule has 1 heterocycles. The maximum Gasteiger partial charge on any atom is 0.134 e. The van der Waals surface area contributed by atoms with Gasteiger partial charge in [-0.05, 0) is 20.8 Å². The zero-order valence-electron chi connectivity index (χ0n) is 8.55. The van der Waals surface area contributed by atoms with Gasteiger partial charge in [0.1, 0.15) is 18.0 Å². The van der Waals surface area contributed by atoms with Crippen LogP contribution in [0.15, 0.2) is 6.33 Å². The average Bonchev–Trinajstić information content (AvgIpc) is 2.08. The van der Waals surface area contributed by atoms with Gasteiger partial charge in [0.2, 0.25) is 0 Å². The van der Waals surface area contributed by atoms with Crippen molar-refractivity contribution in [1.82, 2.24) is 9.97 Å². The van der Waals surface area contributed by atoms with Gasteiger partial charge in [0, 0.05) is 18.7 Å². The summed E-state index contributed by atoms with van der Waals surface area (Å²) in [6.07, 6.45) is 1.56. The standard InChI is InChI=1S/C9H16N4/c1-6(2)13-9-7(3)8(10-4)11-5-12-9/h5-6H,1-4H3,(H2,10,11,12,13). The quantitative estimate of drug-likeness (QED) is 0.742. The van der Waals surface area contributed by atoms with Crippen molar-refractivity contribution in [1.29, 1.82) is 0 Å². The zero-order chi connectivity index (χ0) is 9.84. The molecule has 2 N–H and O–H groups in total. The molecule has 0 radical (unpaired) electrons. The van der Waals surface area contributed by atoms with Crippen LogP contribution in [-0.2, 0) is 0 Å². The molecule has 0 saturated carbocycles. The number of hydrogen-bond acceptors (Lipinski definition) is 4. The Balaban J connectivity index is 2.94. The molecule has 0 aliphatic heterocycles. The minimum absolute atomic E-state index is 0.387. The molecule has 4 heteroatoms. The van der Waals surface area contributed by atoms with Gasteiger partial charge >= 0.3 is 0 Å². The molecule has 0 saturated heterocycles. The molecule has 1 aromatic heterocycles. The Hall–Kier alpha value is -1.32. The first-order valence-corrected chi connectivity index (χ1v) is 4.41. The lowest BCUT2D eigenvalue weighted by Crippen LogP contribution is -2.13. The van der Waals surface area contributed by atoms with E-state index in [2.05, 4.69) is 34.4 Å². The highest BCUT2D eigenvalue weighted by Gasteiger charge is 2.05. The van der Waals surface area contributed by atoms with E-state index in [1.165, 1.54) is 0 Å². The third-order valence-corrected chi connectivity index (χ3v) is 1.75. The largest absolute Gasteiger partial charge is 0.373 e. The van der Waals surface area contributed by atoms with E-state index < -0.39 is 0 Å². The number of aromatic nitrogens is 2. The summed E-state index contributed by atoms with van der Waals surface area (Å²) in [5.41, 5.74) is 1.05. The zero-order valence-corrected chi connectivity index (χ0v) is 8.55. The summed E-state index contributed by atoms with van der Waals surface area (Å²) in [7, 11) is 1.86. The van der Waals surface area contributed by atoms with Crippen LogP contribution >= 0.6 is 0 Å². The van der Waals surface area contributed by atoms with Crippen molar-refractivity contribution in [2.45, 2.75) is 26.8 Å². The molecule has 0 atom stereocenters. The van der Waals surface area contributed by atoms with E-state index in [0.29, 0.717) is 6.04 Å². The molecule has 1 rings (SSSR count). The van der Waals surface area contributed by atoms with Crippen molar-refractivity contribution in [2.75, 3.05) is 17.7 Å². The topological polar surface area (TPSA) is 49.8 Å². The van der Waals surface area contributed by atoms with Crippen LogP contribution in [0.1, 0.15) is 19.4 Å². The van der Waals surface area contributed by atoms with E-state index >= 15 is 0 Å². The maximum absolute atomic E-state index is 4.16. The van der Waals surface area contributed by atoms with E-state index in [4.69, 9.17) is 0 Å². The number of nitrogens with one attached hydrogen (secondary N) is 2. The molecule has 4 nitrogen and oxygen atoms in total. The van der Waals surface area contributed by atoms with Crippen molar-refractivity contribution >= 4 is 11.6 Å². The van der Waals surface area contributed by atoms with Gasteiger partial charge in [-0.1, -0.05) is 0 Å². The number of nitrogens with zero attached hydrogens (tertiary/aromatic N) is 2. The Morgan fingerprint density at radius 2 is 1.85 bits per heavy atom. The average molecular weight is 180 g/mol. The smallest absolute Gasteiger partial charge is 0.134 e. The van der Waals surface area contributed by atoms with Gasteiger partial charge in [-0.2, -0.15) is 0 Å². The summed E-state index contributed by atoms with van der Waals surface area (Å²) < 4.78 is 0. The third kappa shape index (κ3) is 2.31. The van der Waals surface area contributed by atoms with E-state index in [-0.39, 0.29) is 0 Å². The van der Waals surface area contributed by atoms with Crippen molar-refractivity contribution < 1.29 is 0 Å². The molecule has 0 aliphatic rings. The summed E-state index contributed by atoms with van der Waals surface area (Å²) in [4.78, 5) is 8.27. The highest BCUT2D eigenvalue weighted by atomic mass is 15.1.